The lowest BCUT2D eigenvalue weighted by molar-refractivity contribution is -0.119. The fourth-order valence-corrected chi connectivity index (χ4v) is 5.02. The Morgan fingerprint density at radius 1 is 1.22 bits per heavy atom. The van der Waals surface area contributed by atoms with Crippen molar-refractivity contribution in [2.24, 2.45) is 0 Å². The number of amides is 1. The minimum absolute atomic E-state index is 0.0685. The van der Waals surface area contributed by atoms with Crippen LogP contribution in [0.5, 0.6) is 0 Å². The number of aryl methyl sites for hydroxylation is 2. The first kappa shape index (κ1) is 23.7. The maximum absolute atomic E-state index is 12.5. The summed E-state index contributed by atoms with van der Waals surface area (Å²) in [7, 11) is 3.89. The topological polar surface area (TPSA) is 92.3 Å². The third kappa shape index (κ3) is 3.92. The Kier molecular flexibility index (Phi) is 6.04. The molecule has 2 aromatic carbocycles. The van der Waals surface area contributed by atoms with E-state index in [2.05, 4.69) is 55.2 Å². The normalized spacial score (nSPS) is 12.9. The Hall–Kier alpha value is -4.07. The van der Waals surface area contributed by atoms with Crippen molar-refractivity contribution in [2.75, 3.05) is 41.5 Å². The highest BCUT2D eigenvalue weighted by atomic mass is 16.2. The van der Waals surface area contributed by atoms with E-state index in [-0.39, 0.29) is 5.91 Å². The molecule has 36 heavy (non-hydrogen) atoms. The van der Waals surface area contributed by atoms with Gasteiger partial charge < -0.3 is 25.4 Å². The maximum Gasteiger partial charge on any atom is 0.246 e. The molecule has 0 fully saturated rings. The summed E-state index contributed by atoms with van der Waals surface area (Å²) < 4.78 is 2.04. The molecule has 1 aliphatic rings. The SMILES string of the molecule is CCCN(C)c1cc(C)c(Nc2ncc(CC)c(-c3cn4c5c(cccc35)N(C)C(=O)C4)n2)cc1N. The number of nitrogens with zero attached hydrogens (tertiary/aromatic N) is 5. The molecule has 8 heteroatoms. The fraction of sp³-hybridized carbons (Fsp3) is 0.321. The van der Waals surface area contributed by atoms with Crippen LogP contribution in [0.25, 0.3) is 22.2 Å². The van der Waals surface area contributed by atoms with E-state index in [1.807, 2.05) is 42.2 Å². The van der Waals surface area contributed by atoms with E-state index in [0.29, 0.717) is 18.2 Å². The summed E-state index contributed by atoms with van der Waals surface area (Å²) in [6, 6.07) is 10.1. The number of likely N-dealkylation sites (N-methyl/N-ethyl adjacent to an activating group) is 1. The van der Waals surface area contributed by atoms with E-state index >= 15 is 0 Å². The van der Waals surface area contributed by atoms with Crippen LogP contribution in [-0.4, -0.2) is 41.1 Å². The largest absolute Gasteiger partial charge is 0.397 e. The van der Waals surface area contributed by atoms with Crippen molar-refractivity contribution in [1.29, 1.82) is 0 Å². The molecule has 5 rings (SSSR count). The minimum atomic E-state index is 0.0685. The molecule has 0 unspecified atom stereocenters. The molecule has 3 heterocycles. The number of anilines is 5. The van der Waals surface area contributed by atoms with Gasteiger partial charge >= 0.3 is 0 Å². The summed E-state index contributed by atoms with van der Waals surface area (Å²) in [5, 5.41) is 4.47. The number of para-hydroxylation sites is 1. The quantitative estimate of drug-likeness (QED) is 0.355. The Labute approximate surface area is 211 Å². The number of benzene rings is 2. The van der Waals surface area contributed by atoms with Gasteiger partial charge in [0, 0.05) is 49.7 Å². The predicted molar refractivity (Wildman–Crippen MR) is 148 cm³/mol. The molecule has 0 aliphatic carbocycles. The lowest BCUT2D eigenvalue weighted by Crippen LogP contribution is -2.33. The summed E-state index contributed by atoms with van der Waals surface area (Å²) >= 11 is 0. The van der Waals surface area contributed by atoms with Gasteiger partial charge in [0.15, 0.2) is 0 Å². The van der Waals surface area contributed by atoms with Crippen molar-refractivity contribution >= 4 is 45.5 Å². The van der Waals surface area contributed by atoms with Crippen LogP contribution >= 0.6 is 0 Å². The average molecular weight is 484 g/mol. The number of nitrogens with one attached hydrogen (secondary N) is 1. The smallest absolute Gasteiger partial charge is 0.246 e. The van der Waals surface area contributed by atoms with Crippen molar-refractivity contribution in [1.82, 2.24) is 14.5 Å². The standard InChI is InChI=1S/C28H33N7O/c1-6-11-33(4)24-12-17(3)22(13-21(24)29)31-28-30-14-18(7-2)26(32-28)20-15-35-16-25(36)34(5)23-10-8-9-19(20)27(23)35/h8-10,12-15H,6-7,11,16,29H2,1-5H3,(H,30,31,32). The first-order chi connectivity index (χ1) is 17.3. The molecule has 8 nitrogen and oxygen atoms in total. The number of nitrogen functional groups attached to an aromatic ring is 1. The van der Waals surface area contributed by atoms with Gasteiger partial charge in [0.1, 0.15) is 6.54 Å². The van der Waals surface area contributed by atoms with Gasteiger partial charge in [-0.15, -0.1) is 0 Å². The zero-order chi connectivity index (χ0) is 25.6. The molecule has 0 bridgehead atoms. The molecule has 0 saturated heterocycles. The van der Waals surface area contributed by atoms with Gasteiger partial charge in [0.05, 0.1) is 28.3 Å². The summed E-state index contributed by atoms with van der Waals surface area (Å²) in [6.07, 6.45) is 5.78. The zero-order valence-corrected chi connectivity index (χ0v) is 21.6. The third-order valence-electron chi connectivity index (χ3n) is 7.01. The van der Waals surface area contributed by atoms with E-state index in [4.69, 9.17) is 10.7 Å². The molecule has 0 atom stereocenters. The van der Waals surface area contributed by atoms with Crippen LogP contribution in [0.1, 0.15) is 31.4 Å². The van der Waals surface area contributed by atoms with E-state index in [9.17, 15) is 4.79 Å². The molecule has 1 aliphatic heterocycles. The molecule has 2 aromatic heterocycles. The molecule has 186 valence electrons. The number of rotatable bonds is 7. The summed E-state index contributed by atoms with van der Waals surface area (Å²) in [4.78, 5) is 26.0. The predicted octanol–water partition coefficient (Wildman–Crippen LogP) is 5.12. The van der Waals surface area contributed by atoms with Crippen LogP contribution in [0, 0.1) is 6.92 Å². The van der Waals surface area contributed by atoms with Crippen LogP contribution in [0.15, 0.2) is 42.7 Å². The molecule has 3 N–H and O–H groups in total. The lowest BCUT2D eigenvalue weighted by Gasteiger charge is -2.24. The second kappa shape index (κ2) is 9.18. The first-order valence-electron chi connectivity index (χ1n) is 12.4. The van der Waals surface area contributed by atoms with E-state index in [1.54, 1.807) is 4.90 Å². The molecule has 0 saturated carbocycles. The van der Waals surface area contributed by atoms with Gasteiger partial charge in [-0.25, -0.2) is 9.97 Å². The number of nitrogens with two attached hydrogens (primary N) is 1. The fourth-order valence-electron chi connectivity index (χ4n) is 5.02. The van der Waals surface area contributed by atoms with E-state index in [1.165, 1.54) is 0 Å². The molecular weight excluding hydrogens is 450 g/mol. The second-order valence-corrected chi connectivity index (χ2v) is 9.49. The summed E-state index contributed by atoms with van der Waals surface area (Å²) in [5.74, 6) is 0.582. The van der Waals surface area contributed by atoms with Crippen molar-refractivity contribution in [3.05, 3.63) is 53.9 Å². The summed E-state index contributed by atoms with van der Waals surface area (Å²) in [5.41, 5.74) is 15.0. The Morgan fingerprint density at radius 3 is 2.78 bits per heavy atom. The van der Waals surface area contributed by atoms with E-state index in [0.717, 1.165) is 69.7 Å². The van der Waals surface area contributed by atoms with Gasteiger partial charge in [0.25, 0.3) is 0 Å². The summed E-state index contributed by atoms with van der Waals surface area (Å²) in [6.45, 7) is 7.58. The van der Waals surface area contributed by atoms with Gasteiger partial charge in [-0.2, -0.15) is 0 Å². The van der Waals surface area contributed by atoms with Gasteiger partial charge in [-0.3, -0.25) is 4.79 Å². The first-order valence-corrected chi connectivity index (χ1v) is 12.4. The lowest BCUT2D eigenvalue weighted by atomic mass is 10.0. The van der Waals surface area contributed by atoms with Crippen molar-refractivity contribution < 1.29 is 4.79 Å². The van der Waals surface area contributed by atoms with Gasteiger partial charge in [-0.1, -0.05) is 26.0 Å². The highest BCUT2D eigenvalue weighted by Crippen LogP contribution is 2.39. The Bertz CT molecular complexity index is 1470. The Balaban J connectivity index is 1.56. The Morgan fingerprint density at radius 2 is 2.03 bits per heavy atom. The highest BCUT2D eigenvalue weighted by molar-refractivity contribution is 6.10. The number of hydrogen-bond acceptors (Lipinski definition) is 6. The average Bonchev–Trinajstić information content (AvgIpc) is 3.23. The second-order valence-electron chi connectivity index (χ2n) is 9.49. The maximum atomic E-state index is 12.5. The molecule has 0 spiro atoms. The number of aromatic nitrogens is 3. The van der Waals surface area contributed by atoms with Crippen LogP contribution in [0.4, 0.5) is 28.7 Å². The van der Waals surface area contributed by atoms with Crippen LogP contribution in [0.3, 0.4) is 0 Å². The number of hydrogen-bond donors (Lipinski definition) is 2. The van der Waals surface area contributed by atoms with Crippen LogP contribution in [0.2, 0.25) is 0 Å². The van der Waals surface area contributed by atoms with Crippen molar-refractivity contribution in [2.45, 2.75) is 40.2 Å². The van der Waals surface area contributed by atoms with Crippen LogP contribution < -0.4 is 20.9 Å². The molecule has 1 amide bonds. The third-order valence-corrected chi connectivity index (χ3v) is 7.01. The molecule has 4 aromatic rings. The number of carbonyl (C=O) groups is 1. The van der Waals surface area contributed by atoms with E-state index < -0.39 is 0 Å². The minimum Gasteiger partial charge on any atom is -0.397 e. The van der Waals surface area contributed by atoms with Gasteiger partial charge in [0.2, 0.25) is 11.9 Å². The monoisotopic (exact) mass is 483 g/mol. The molecular formula is C28H33N7O. The number of carbonyl (C=O) groups excluding carboxylic acids is 1. The van der Waals surface area contributed by atoms with Crippen molar-refractivity contribution in [3.63, 3.8) is 0 Å². The van der Waals surface area contributed by atoms with Crippen LogP contribution in [-0.2, 0) is 17.8 Å². The van der Waals surface area contributed by atoms with Gasteiger partial charge in [-0.05, 0) is 49.1 Å². The highest BCUT2D eigenvalue weighted by Gasteiger charge is 2.26. The zero-order valence-electron chi connectivity index (χ0n) is 21.6. The molecule has 0 radical (unpaired) electrons. The van der Waals surface area contributed by atoms with Crippen molar-refractivity contribution in [3.8, 4) is 11.3 Å².